The summed E-state index contributed by atoms with van der Waals surface area (Å²) in [6.07, 6.45) is 6.49. The van der Waals surface area contributed by atoms with Crippen LogP contribution in [-0.2, 0) is 24.2 Å². The molecule has 1 N–H and O–H groups in total. The van der Waals surface area contributed by atoms with Crippen LogP contribution in [0.4, 0.5) is 0 Å². The van der Waals surface area contributed by atoms with Gasteiger partial charge in [0.2, 0.25) is 5.91 Å². The molecular formula is C21H21N5O2S2. The van der Waals surface area contributed by atoms with Gasteiger partial charge in [-0.05, 0) is 38.3 Å². The summed E-state index contributed by atoms with van der Waals surface area (Å²) in [7, 11) is 0. The molecule has 1 amide bonds. The van der Waals surface area contributed by atoms with E-state index in [4.69, 9.17) is 0 Å². The number of aromatic nitrogens is 4. The summed E-state index contributed by atoms with van der Waals surface area (Å²) >= 11 is 3.14. The number of carbonyl (C=O) groups excluding carboxylic acids is 1. The number of hydrogen-bond acceptors (Lipinski definition) is 7. The van der Waals surface area contributed by atoms with E-state index in [9.17, 15) is 9.59 Å². The van der Waals surface area contributed by atoms with Crippen LogP contribution in [0.2, 0.25) is 0 Å². The molecule has 0 aromatic carbocycles. The fourth-order valence-electron chi connectivity index (χ4n) is 3.97. The van der Waals surface area contributed by atoms with Crippen LogP contribution >= 0.6 is 23.1 Å². The second-order valence-corrected chi connectivity index (χ2v) is 9.63. The zero-order chi connectivity index (χ0) is 20.7. The second kappa shape index (κ2) is 7.96. The van der Waals surface area contributed by atoms with Crippen molar-refractivity contribution in [1.29, 1.82) is 0 Å². The van der Waals surface area contributed by atoms with Gasteiger partial charge in [-0.25, -0.2) is 9.97 Å². The van der Waals surface area contributed by atoms with Gasteiger partial charge in [-0.2, -0.15) is 0 Å². The first kappa shape index (κ1) is 19.4. The molecule has 3 aromatic heterocycles. The third kappa shape index (κ3) is 3.56. The predicted octanol–water partition coefficient (Wildman–Crippen LogP) is 2.91. The van der Waals surface area contributed by atoms with Crippen molar-refractivity contribution in [3.63, 3.8) is 0 Å². The van der Waals surface area contributed by atoms with Gasteiger partial charge >= 0.3 is 0 Å². The molecule has 7 nitrogen and oxygen atoms in total. The van der Waals surface area contributed by atoms with E-state index in [0.717, 1.165) is 56.8 Å². The number of carbonyl (C=O) groups is 1. The predicted molar refractivity (Wildman–Crippen MR) is 117 cm³/mol. The highest BCUT2D eigenvalue weighted by molar-refractivity contribution is 7.99. The Labute approximate surface area is 182 Å². The van der Waals surface area contributed by atoms with Crippen molar-refractivity contribution in [2.45, 2.75) is 50.4 Å². The normalized spacial score (nSPS) is 17.0. The minimum Gasteiger partial charge on any atom is -0.351 e. The molecule has 3 aromatic rings. The molecule has 9 heteroatoms. The van der Waals surface area contributed by atoms with Crippen molar-refractivity contribution in [1.82, 2.24) is 24.8 Å². The molecular weight excluding hydrogens is 418 g/mol. The highest BCUT2D eigenvalue weighted by Gasteiger charge is 2.31. The van der Waals surface area contributed by atoms with Gasteiger partial charge in [-0.3, -0.25) is 19.1 Å². The van der Waals surface area contributed by atoms with Crippen molar-refractivity contribution in [2.75, 3.05) is 5.75 Å². The Bertz CT molecular complexity index is 1170. The maximum absolute atomic E-state index is 12.9. The number of rotatable bonds is 5. The summed E-state index contributed by atoms with van der Waals surface area (Å²) in [5.41, 5.74) is 3.73. The third-order valence-corrected chi connectivity index (χ3v) is 7.84. The molecule has 0 bridgehead atoms. The zero-order valence-electron chi connectivity index (χ0n) is 16.6. The molecule has 1 aliphatic heterocycles. The molecule has 0 saturated heterocycles. The van der Waals surface area contributed by atoms with E-state index >= 15 is 0 Å². The molecule has 0 spiro atoms. The average molecular weight is 440 g/mol. The van der Waals surface area contributed by atoms with Gasteiger partial charge in [-0.15, -0.1) is 11.3 Å². The Kier molecular flexibility index (Phi) is 5.16. The van der Waals surface area contributed by atoms with Gasteiger partial charge in [-0.1, -0.05) is 11.8 Å². The van der Waals surface area contributed by atoms with Crippen LogP contribution in [0.15, 0.2) is 34.5 Å². The van der Waals surface area contributed by atoms with Crippen molar-refractivity contribution >= 4 is 29.0 Å². The van der Waals surface area contributed by atoms with Crippen LogP contribution < -0.4 is 10.9 Å². The average Bonchev–Trinajstić information content (AvgIpc) is 3.47. The summed E-state index contributed by atoms with van der Waals surface area (Å²) in [5, 5.41) is 4.67. The summed E-state index contributed by atoms with van der Waals surface area (Å²) in [6.45, 7) is 2.39. The number of amides is 1. The third-order valence-electron chi connectivity index (χ3n) is 5.54. The van der Waals surface area contributed by atoms with E-state index in [0.29, 0.717) is 12.3 Å². The fourth-order valence-corrected chi connectivity index (χ4v) is 6.12. The number of thioether (sulfide) groups is 1. The number of nitrogens with zero attached hydrogens (tertiary/aromatic N) is 4. The molecule has 2 aliphatic rings. The molecule has 4 heterocycles. The molecule has 0 fully saturated rings. The molecule has 0 saturated carbocycles. The first-order valence-electron chi connectivity index (χ1n) is 10.0. The second-order valence-electron chi connectivity index (χ2n) is 7.56. The van der Waals surface area contributed by atoms with E-state index in [1.54, 1.807) is 40.1 Å². The summed E-state index contributed by atoms with van der Waals surface area (Å²) < 4.78 is 1.74. The van der Waals surface area contributed by atoms with Crippen LogP contribution in [0, 0.1) is 6.92 Å². The van der Waals surface area contributed by atoms with Gasteiger partial charge in [0.05, 0.1) is 24.0 Å². The van der Waals surface area contributed by atoms with Crippen LogP contribution in [0.5, 0.6) is 0 Å². The molecule has 154 valence electrons. The van der Waals surface area contributed by atoms with E-state index < -0.39 is 0 Å². The van der Waals surface area contributed by atoms with Crippen LogP contribution in [0.25, 0.3) is 10.6 Å². The Morgan fingerprint density at radius 2 is 2.23 bits per heavy atom. The van der Waals surface area contributed by atoms with Crippen LogP contribution in [0.3, 0.4) is 0 Å². The lowest BCUT2D eigenvalue weighted by Crippen LogP contribution is -2.32. The lowest BCUT2D eigenvalue weighted by molar-refractivity contribution is -0.121. The highest BCUT2D eigenvalue weighted by atomic mass is 32.2. The van der Waals surface area contributed by atoms with Crippen LogP contribution in [-0.4, -0.2) is 31.2 Å². The molecule has 5 rings (SSSR count). The van der Waals surface area contributed by atoms with Crippen molar-refractivity contribution < 1.29 is 4.79 Å². The van der Waals surface area contributed by atoms with Gasteiger partial charge < -0.3 is 5.32 Å². The van der Waals surface area contributed by atoms with Gasteiger partial charge in [0, 0.05) is 40.6 Å². The number of hydrogen-bond donors (Lipinski definition) is 1. The Hall–Kier alpha value is -2.52. The van der Waals surface area contributed by atoms with Gasteiger partial charge in [0.15, 0.2) is 5.16 Å². The maximum atomic E-state index is 12.9. The zero-order valence-corrected chi connectivity index (χ0v) is 18.2. The minimum absolute atomic E-state index is 0.0507. The lowest BCUT2D eigenvalue weighted by Gasteiger charge is -2.14. The van der Waals surface area contributed by atoms with Gasteiger partial charge in [0.25, 0.3) is 5.56 Å². The van der Waals surface area contributed by atoms with E-state index in [1.807, 2.05) is 19.1 Å². The minimum atomic E-state index is -0.135. The monoisotopic (exact) mass is 439 g/mol. The Morgan fingerprint density at radius 3 is 3.07 bits per heavy atom. The number of fused-ring (bicyclic) bond motifs is 2. The topological polar surface area (TPSA) is 89.8 Å². The molecule has 1 aliphatic carbocycles. The quantitative estimate of drug-likeness (QED) is 0.615. The summed E-state index contributed by atoms with van der Waals surface area (Å²) in [4.78, 5) is 40.0. The molecule has 1 unspecified atom stereocenters. The first-order chi connectivity index (χ1) is 14.6. The Morgan fingerprint density at radius 1 is 1.33 bits per heavy atom. The van der Waals surface area contributed by atoms with E-state index in [-0.39, 0.29) is 23.9 Å². The smallest absolute Gasteiger partial charge is 0.257 e. The van der Waals surface area contributed by atoms with Gasteiger partial charge in [0.1, 0.15) is 5.01 Å². The van der Waals surface area contributed by atoms with Crippen molar-refractivity contribution in [3.8, 4) is 10.6 Å². The standard InChI is InChI=1S/C21H21N5O2S2/c1-12-17(30-19(24-12)13-4-3-7-22-9-13)10-23-18(27)8-14-11-29-21-25-16-6-2-5-15(16)20(28)26(14)21/h3-4,7,9,14H,2,5-6,8,10-11H2,1H3,(H,23,27). The fraction of sp³-hybridized carbons (Fsp3) is 0.381. The number of thiazole rings is 1. The first-order valence-corrected chi connectivity index (χ1v) is 11.8. The van der Waals surface area contributed by atoms with E-state index in [2.05, 4.69) is 20.3 Å². The highest BCUT2D eigenvalue weighted by Crippen LogP contribution is 2.34. The van der Waals surface area contributed by atoms with Crippen molar-refractivity contribution in [2.24, 2.45) is 0 Å². The maximum Gasteiger partial charge on any atom is 0.257 e. The molecule has 1 atom stereocenters. The molecule has 0 radical (unpaired) electrons. The summed E-state index contributed by atoms with van der Waals surface area (Å²) in [6, 6.07) is 3.73. The van der Waals surface area contributed by atoms with Crippen molar-refractivity contribution in [3.05, 3.63) is 56.7 Å². The largest absolute Gasteiger partial charge is 0.351 e. The number of nitrogens with one attached hydrogen (secondary N) is 1. The van der Waals surface area contributed by atoms with E-state index in [1.165, 1.54) is 0 Å². The van der Waals surface area contributed by atoms with Crippen LogP contribution in [0.1, 0.15) is 40.7 Å². The SMILES string of the molecule is Cc1nc(-c2cccnc2)sc1CNC(=O)CC1CSc2nc3c(c(=O)n21)CCC3. The molecule has 30 heavy (non-hydrogen) atoms. The Balaban J connectivity index is 1.26. The summed E-state index contributed by atoms with van der Waals surface area (Å²) in [5.74, 6) is 0.653. The number of aryl methyl sites for hydroxylation is 2. The lowest BCUT2D eigenvalue weighted by atomic mass is 10.2. The number of pyridine rings is 1.